The summed E-state index contributed by atoms with van der Waals surface area (Å²) in [5, 5.41) is 11.8. The number of thioether (sulfide) groups is 1. The van der Waals surface area contributed by atoms with E-state index in [1.807, 2.05) is 23.6 Å². The van der Waals surface area contributed by atoms with Gasteiger partial charge in [-0.15, -0.1) is 16.8 Å². The summed E-state index contributed by atoms with van der Waals surface area (Å²) in [6.07, 6.45) is 2.90. The molecule has 5 nitrogen and oxygen atoms in total. The van der Waals surface area contributed by atoms with Crippen LogP contribution >= 0.6 is 11.8 Å². The quantitative estimate of drug-likeness (QED) is 0.580. The van der Waals surface area contributed by atoms with Crippen molar-refractivity contribution < 1.29 is 4.79 Å². The molecule has 1 N–H and O–H groups in total. The molecule has 0 radical (unpaired) electrons. The summed E-state index contributed by atoms with van der Waals surface area (Å²) in [6.45, 7) is 10.6. The van der Waals surface area contributed by atoms with E-state index in [0.29, 0.717) is 18.2 Å². The fourth-order valence-corrected chi connectivity index (χ4v) is 3.06. The van der Waals surface area contributed by atoms with Crippen LogP contribution in [0.5, 0.6) is 0 Å². The van der Waals surface area contributed by atoms with E-state index in [2.05, 4.69) is 48.1 Å². The number of hydrogen-bond donors (Lipinski definition) is 1. The highest BCUT2D eigenvalue weighted by atomic mass is 32.2. The number of hydrogen-bond acceptors (Lipinski definition) is 4. The summed E-state index contributed by atoms with van der Waals surface area (Å²) in [5.41, 5.74) is 2.11. The molecule has 0 bridgehead atoms. The van der Waals surface area contributed by atoms with Crippen molar-refractivity contribution in [2.45, 2.75) is 44.8 Å². The zero-order chi connectivity index (χ0) is 17.5. The number of aryl methyl sites for hydroxylation is 1. The first-order valence-electron chi connectivity index (χ1n) is 8.08. The number of anilines is 1. The lowest BCUT2D eigenvalue weighted by molar-refractivity contribution is -0.113. The van der Waals surface area contributed by atoms with Crippen LogP contribution in [0.3, 0.4) is 0 Å². The Morgan fingerprint density at radius 2 is 2.08 bits per heavy atom. The summed E-state index contributed by atoms with van der Waals surface area (Å²) >= 11 is 1.38. The van der Waals surface area contributed by atoms with Gasteiger partial charge < -0.3 is 9.88 Å². The van der Waals surface area contributed by atoms with Crippen molar-refractivity contribution >= 4 is 23.4 Å². The Kier molecular flexibility index (Phi) is 6.61. The van der Waals surface area contributed by atoms with Crippen LogP contribution in [-0.2, 0) is 11.3 Å². The van der Waals surface area contributed by atoms with Gasteiger partial charge in [-0.1, -0.05) is 43.8 Å². The van der Waals surface area contributed by atoms with E-state index in [4.69, 9.17) is 0 Å². The maximum atomic E-state index is 12.1. The molecule has 1 aromatic heterocycles. The number of nitrogens with zero attached hydrogens (tertiary/aromatic N) is 3. The molecule has 0 unspecified atom stereocenters. The van der Waals surface area contributed by atoms with E-state index in [1.54, 1.807) is 6.08 Å². The molecule has 2 rings (SSSR count). The molecule has 0 spiro atoms. The van der Waals surface area contributed by atoms with Gasteiger partial charge in [-0.3, -0.25) is 4.79 Å². The van der Waals surface area contributed by atoms with E-state index in [1.165, 1.54) is 17.3 Å². The van der Waals surface area contributed by atoms with Gasteiger partial charge >= 0.3 is 0 Å². The Labute approximate surface area is 147 Å². The smallest absolute Gasteiger partial charge is 0.234 e. The SMILES string of the molecule is C=CCn1c(C)nnc1SCC(=O)Nc1ccc([C@@H](C)CC)cc1. The third-order valence-electron chi connectivity index (χ3n) is 3.92. The van der Waals surface area contributed by atoms with Crippen LogP contribution in [0, 0.1) is 6.92 Å². The minimum atomic E-state index is -0.0536. The lowest BCUT2D eigenvalue weighted by Crippen LogP contribution is -2.14. The number of allylic oxidation sites excluding steroid dienone is 1. The predicted molar refractivity (Wildman–Crippen MR) is 99.5 cm³/mol. The second-order valence-corrected chi connectivity index (χ2v) is 6.64. The van der Waals surface area contributed by atoms with Crippen LogP contribution in [0.25, 0.3) is 0 Å². The van der Waals surface area contributed by atoms with Gasteiger partial charge in [0.25, 0.3) is 0 Å². The number of rotatable bonds is 8. The van der Waals surface area contributed by atoms with Gasteiger partial charge in [-0.2, -0.15) is 0 Å². The average Bonchev–Trinajstić information content (AvgIpc) is 2.93. The van der Waals surface area contributed by atoms with Gasteiger partial charge in [0.05, 0.1) is 5.75 Å². The van der Waals surface area contributed by atoms with Crippen LogP contribution in [0.4, 0.5) is 5.69 Å². The first-order chi connectivity index (χ1) is 11.5. The Hall–Kier alpha value is -2.08. The molecule has 128 valence electrons. The first kappa shape index (κ1) is 18.3. The summed E-state index contributed by atoms with van der Waals surface area (Å²) in [7, 11) is 0. The Bertz CT molecular complexity index is 694. The number of benzene rings is 1. The van der Waals surface area contributed by atoms with Crippen LogP contribution in [-0.4, -0.2) is 26.4 Å². The lowest BCUT2D eigenvalue weighted by Gasteiger charge is -2.10. The largest absolute Gasteiger partial charge is 0.325 e. The molecule has 0 fully saturated rings. The molecule has 1 atom stereocenters. The van der Waals surface area contributed by atoms with Crippen molar-refractivity contribution in [3.63, 3.8) is 0 Å². The molecule has 1 amide bonds. The molecular formula is C18H24N4OS. The molecule has 24 heavy (non-hydrogen) atoms. The minimum Gasteiger partial charge on any atom is -0.325 e. The molecule has 0 aliphatic heterocycles. The van der Waals surface area contributed by atoms with E-state index >= 15 is 0 Å². The molecule has 0 saturated heterocycles. The summed E-state index contributed by atoms with van der Waals surface area (Å²) in [4.78, 5) is 12.1. The van der Waals surface area contributed by atoms with Crippen molar-refractivity contribution in [2.75, 3.05) is 11.1 Å². The van der Waals surface area contributed by atoms with Crippen molar-refractivity contribution in [3.05, 3.63) is 48.3 Å². The van der Waals surface area contributed by atoms with Gasteiger partial charge in [0, 0.05) is 12.2 Å². The fourth-order valence-electron chi connectivity index (χ4n) is 2.27. The monoisotopic (exact) mass is 344 g/mol. The minimum absolute atomic E-state index is 0.0536. The lowest BCUT2D eigenvalue weighted by atomic mass is 9.99. The van der Waals surface area contributed by atoms with Gasteiger partial charge in [0.15, 0.2) is 5.16 Å². The predicted octanol–water partition coefficient (Wildman–Crippen LogP) is 4.02. The molecule has 6 heteroatoms. The van der Waals surface area contributed by atoms with E-state index in [-0.39, 0.29) is 5.91 Å². The summed E-state index contributed by atoms with van der Waals surface area (Å²) in [5.74, 6) is 1.59. The molecule has 0 saturated carbocycles. The molecular weight excluding hydrogens is 320 g/mol. The van der Waals surface area contributed by atoms with Crippen molar-refractivity contribution in [1.82, 2.24) is 14.8 Å². The van der Waals surface area contributed by atoms with Gasteiger partial charge in [-0.05, 0) is 37.0 Å². The fraction of sp³-hybridized carbons (Fsp3) is 0.389. The van der Waals surface area contributed by atoms with E-state index in [9.17, 15) is 4.79 Å². The Morgan fingerprint density at radius 1 is 1.38 bits per heavy atom. The van der Waals surface area contributed by atoms with Gasteiger partial charge in [-0.25, -0.2) is 0 Å². The Balaban J connectivity index is 1.90. The maximum absolute atomic E-state index is 12.1. The van der Waals surface area contributed by atoms with E-state index < -0.39 is 0 Å². The normalized spacial score (nSPS) is 12.0. The number of aromatic nitrogens is 3. The highest BCUT2D eigenvalue weighted by molar-refractivity contribution is 7.99. The number of carbonyl (C=O) groups is 1. The van der Waals surface area contributed by atoms with Crippen LogP contribution in [0.15, 0.2) is 42.1 Å². The summed E-state index contributed by atoms with van der Waals surface area (Å²) in [6, 6.07) is 8.05. The molecule has 1 heterocycles. The van der Waals surface area contributed by atoms with Crippen molar-refractivity contribution in [3.8, 4) is 0 Å². The van der Waals surface area contributed by atoms with Crippen molar-refractivity contribution in [1.29, 1.82) is 0 Å². The molecule has 0 aliphatic rings. The van der Waals surface area contributed by atoms with E-state index in [0.717, 1.165) is 23.1 Å². The summed E-state index contributed by atoms with van der Waals surface area (Å²) < 4.78 is 1.94. The zero-order valence-corrected chi connectivity index (χ0v) is 15.3. The first-order valence-corrected chi connectivity index (χ1v) is 9.07. The second-order valence-electron chi connectivity index (χ2n) is 5.70. The second kappa shape index (κ2) is 8.68. The Morgan fingerprint density at radius 3 is 2.71 bits per heavy atom. The highest BCUT2D eigenvalue weighted by Crippen LogP contribution is 2.21. The topological polar surface area (TPSA) is 59.8 Å². The zero-order valence-electron chi connectivity index (χ0n) is 14.5. The van der Waals surface area contributed by atoms with Gasteiger partial charge in [0.1, 0.15) is 5.82 Å². The maximum Gasteiger partial charge on any atom is 0.234 e. The van der Waals surface area contributed by atoms with Crippen molar-refractivity contribution in [2.24, 2.45) is 0 Å². The standard InChI is InChI=1S/C18H24N4OS/c1-5-11-22-14(4)20-21-18(22)24-12-17(23)19-16-9-7-15(8-10-16)13(3)6-2/h5,7-10,13H,1,6,11-12H2,2-4H3,(H,19,23)/t13-/m0/s1. The molecule has 2 aromatic rings. The third kappa shape index (κ3) is 4.71. The van der Waals surface area contributed by atoms with Gasteiger partial charge in [0.2, 0.25) is 5.91 Å². The number of amides is 1. The van der Waals surface area contributed by atoms with Crippen LogP contribution in [0.2, 0.25) is 0 Å². The van der Waals surface area contributed by atoms with Crippen LogP contribution < -0.4 is 5.32 Å². The number of nitrogens with one attached hydrogen (secondary N) is 1. The molecule has 1 aromatic carbocycles. The number of carbonyl (C=O) groups excluding carboxylic acids is 1. The highest BCUT2D eigenvalue weighted by Gasteiger charge is 2.11. The molecule has 0 aliphatic carbocycles. The van der Waals surface area contributed by atoms with Crippen LogP contribution in [0.1, 0.15) is 37.6 Å². The third-order valence-corrected chi connectivity index (χ3v) is 4.89. The average molecular weight is 344 g/mol.